The predicted molar refractivity (Wildman–Crippen MR) is 81.1 cm³/mol. The summed E-state index contributed by atoms with van der Waals surface area (Å²) in [6, 6.07) is 0. The molecule has 0 amide bonds. The van der Waals surface area contributed by atoms with Crippen LogP contribution in [0, 0.1) is 0 Å². The maximum atomic E-state index is 3.82. The zero-order chi connectivity index (χ0) is 13.6. The van der Waals surface area contributed by atoms with Crippen molar-refractivity contribution in [3.8, 4) is 0 Å². The first kappa shape index (κ1) is 16.0. The van der Waals surface area contributed by atoms with E-state index in [2.05, 4.69) is 44.8 Å². The number of unbranched alkanes of at least 4 members (excludes halogenated alkanes) is 2. The number of hydrogen-bond acceptors (Lipinski definition) is 2. The second-order valence-electron chi connectivity index (χ2n) is 6.33. The number of hydrogen-bond donors (Lipinski definition) is 1. The highest BCUT2D eigenvalue weighted by Gasteiger charge is 2.42. The molecule has 1 N–H and O–H groups in total. The van der Waals surface area contributed by atoms with E-state index in [0.29, 0.717) is 11.1 Å². The molecule has 0 aromatic rings. The molecule has 1 fully saturated rings. The fourth-order valence-electron chi connectivity index (χ4n) is 3.19. The normalized spacial score (nSPS) is 28.5. The monoisotopic (exact) mass is 254 g/mol. The van der Waals surface area contributed by atoms with Gasteiger partial charge in [-0.25, -0.2) is 0 Å². The van der Waals surface area contributed by atoms with E-state index in [0.717, 1.165) is 6.54 Å². The van der Waals surface area contributed by atoms with E-state index < -0.39 is 0 Å². The Kier molecular flexibility index (Phi) is 6.13. The van der Waals surface area contributed by atoms with Crippen molar-refractivity contribution in [2.24, 2.45) is 0 Å². The molecule has 0 spiro atoms. The van der Waals surface area contributed by atoms with Crippen molar-refractivity contribution in [1.82, 2.24) is 10.2 Å². The summed E-state index contributed by atoms with van der Waals surface area (Å²) >= 11 is 0. The minimum atomic E-state index is 0.319. The van der Waals surface area contributed by atoms with Crippen LogP contribution >= 0.6 is 0 Å². The predicted octanol–water partition coefficient (Wildman–Crippen LogP) is 3.81. The molecule has 0 aromatic carbocycles. The first-order valence-electron chi connectivity index (χ1n) is 8.06. The lowest BCUT2D eigenvalue weighted by Gasteiger charge is -2.53. The van der Waals surface area contributed by atoms with Gasteiger partial charge in [-0.2, -0.15) is 0 Å². The van der Waals surface area contributed by atoms with Gasteiger partial charge in [0.15, 0.2) is 0 Å². The topological polar surface area (TPSA) is 15.3 Å². The molecule has 18 heavy (non-hydrogen) atoms. The van der Waals surface area contributed by atoms with Crippen molar-refractivity contribution in [3.63, 3.8) is 0 Å². The van der Waals surface area contributed by atoms with Crippen molar-refractivity contribution in [1.29, 1.82) is 0 Å². The lowest BCUT2D eigenvalue weighted by Crippen LogP contribution is -2.68. The molecule has 2 heteroatoms. The fraction of sp³-hybridized carbons (Fsp3) is 1.00. The van der Waals surface area contributed by atoms with Crippen molar-refractivity contribution in [3.05, 3.63) is 0 Å². The van der Waals surface area contributed by atoms with Gasteiger partial charge in [0.1, 0.15) is 0 Å². The van der Waals surface area contributed by atoms with Crippen LogP contribution in [0.4, 0.5) is 0 Å². The van der Waals surface area contributed by atoms with Gasteiger partial charge in [-0.3, -0.25) is 4.90 Å². The van der Waals surface area contributed by atoms with E-state index in [9.17, 15) is 0 Å². The summed E-state index contributed by atoms with van der Waals surface area (Å²) in [6.07, 6.45) is 7.81. The minimum absolute atomic E-state index is 0.319. The molecule has 1 atom stereocenters. The summed E-state index contributed by atoms with van der Waals surface area (Å²) in [4.78, 5) is 2.79. The summed E-state index contributed by atoms with van der Waals surface area (Å²) in [7, 11) is 0. The van der Waals surface area contributed by atoms with E-state index in [1.54, 1.807) is 0 Å². The molecule has 1 saturated heterocycles. The quantitative estimate of drug-likeness (QED) is 0.695. The average Bonchev–Trinajstić information content (AvgIpc) is 2.40. The fourth-order valence-corrected chi connectivity index (χ4v) is 3.19. The Bertz CT molecular complexity index is 235. The van der Waals surface area contributed by atoms with Crippen LogP contribution < -0.4 is 5.32 Å². The summed E-state index contributed by atoms with van der Waals surface area (Å²) in [5.74, 6) is 0. The second-order valence-corrected chi connectivity index (χ2v) is 6.33. The Labute approximate surface area is 115 Å². The van der Waals surface area contributed by atoms with E-state index in [-0.39, 0.29) is 0 Å². The third kappa shape index (κ3) is 3.48. The standard InChI is InChI=1S/C16H34N2/c1-6-10-11-12-18-14-15(5,7-2)17-13-16(18,8-3)9-4/h17H,6-14H2,1-5H3. The van der Waals surface area contributed by atoms with Gasteiger partial charge in [-0.15, -0.1) is 0 Å². The molecule has 0 bridgehead atoms. The largest absolute Gasteiger partial charge is 0.308 e. The molecular formula is C16H34N2. The Hall–Kier alpha value is -0.0800. The minimum Gasteiger partial charge on any atom is -0.308 e. The van der Waals surface area contributed by atoms with E-state index in [4.69, 9.17) is 0 Å². The summed E-state index contributed by atoms with van der Waals surface area (Å²) < 4.78 is 0. The molecule has 1 unspecified atom stereocenters. The van der Waals surface area contributed by atoms with E-state index in [1.807, 2.05) is 0 Å². The number of nitrogens with zero attached hydrogens (tertiary/aromatic N) is 1. The van der Waals surface area contributed by atoms with Gasteiger partial charge >= 0.3 is 0 Å². The Morgan fingerprint density at radius 2 is 1.67 bits per heavy atom. The third-order valence-corrected chi connectivity index (χ3v) is 5.18. The summed E-state index contributed by atoms with van der Waals surface area (Å²) in [5, 5.41) is 3.82. The molecular weight excluding hydrogens is 220 g/mol. The van der Waals surface area contributed by atoms with Crippen molar-refractivity contribution >= 4 is 0 Å². The van der Waals surface area contributed by atoms with Gasteiger partial charge in [-0.1, -0.05) is 40.5 Å². The van der Waals surface area contributed by atoms with Crippen LogP contribution in [-0.4, -0.2) is 35.6 Å². The lowest BCUT2D eigenvalue weighted by atomic mass is 9.82. The van der Waals surface area contributed by atoms with Gasteiger partial charge in [0, 0.05) is 24.2 Å². The summed E-state index contributed by atoms with van der Waals surface area (Å²) in [5.41, 5.74) is 0.725. The Balaban J connectivity index is 2.72. The summed E-state index contributed by atoms with van der Waals surface area (Å²) in [6.45, 7) is 15.4. The average molecular weight is 254 g/mol. The van der Waals surface area contributed by atoms with Crippen LogP contribution in [0.5, 0.6) is 0 Å². The van der Waals surface area contributed by atoms with Crippen LogP contribution in [0.15, 0.2) is 0 Å². The van der Waals surface area contributed by atoms with Crippen LogP contribution in [0.25, 0.3) is 0 Å². The zero-order valence-electron chi connectivity index (χ0n) is 13.3. The lowest BCUT2D eigenvalue weighted by molar-refractivity contribution is 0.00134. The highest BCUT2D eigenvalue weighted by Crippen LogP contribution is 2.31. The van der Waals surface area contributed by atoms with Gasteiger partial charge in [0.05, 0.1) is 0 Å². The maximum Gasteiger partial charge on any atom is 0.0329 e. The smallest absolute Gasteiger partial charge is 0.0329 e. The first-order valence-corrected chi connectivity index (χ1v) is 8.06. The van der Waals surface area contributed by atoms with Gasteiger partial charge in [0.2, 0.25) is 0 Å². The molecule has 1 rings (SSSR count). The molecule has 1 aliphatic rings. The second kappa shape index (κ2) is 6.91. The molecule has 0 saturated carbocycles. The van der Waals surface area contributed by atoms with Crippen molar-refractivity contribution < 1.29 is 0 Å². The molecule has 1 aliphatic heterocycles. The molecule has 0 aliphatic carbocycles. The third-order valence-electron chi connectivity index (χ3n) is 5.18. The Morgan fingerprint density at radius 1 is 1.00 bits per heavy atom. The van der Waals surface area contributed by atoms with Crippen LogP contribution in [0.2, 0.25) is 0 Å². The van der Waals surface area contributed by atoms with Gasteiger partial charge in [0.25, 0.3) is 0 Å². The first-order chi connectivity index (χ1) is 8.55. The van der Waals surface area contributed by atoms with Crippen molar-refractivity contribution in [2.45, 2.75) is 84.2 Å². The molecule has 0 aromatic heterocycles. The van der Waals surface area contributed by atoms with E-state index >= 15 is 0 Å². The van der Waals surface area contributed by atoms with Crippen molar-refractivity contribution in [2.75, 3.05) is 19.6 Å². The number of nitrogens with one attached hydrogen (secondary N) is 1. The van der Waals surface area contributed by atoms with E-state index in [1.165, 1.54) is 51.6 Å². The number of piperazine rings is 1. The number of rotatable bonds is 7. The van der Waals surface area contributed by atoms with Crippen LogP contribution in [0.3, 0.4) is 0 Å². The molecule has 0 radical (unpaired) electrons. The molecule has 2 nitrogen and oxygen atoms in total. The van der Waals surface area contributed by atoms with Gasteiger partial charge in [-0.05, 0) is 39.2 Å². The molecule has 1 heterocycles. The SMILES string of the molecule is CCCCCN1CC(C)(CC)NCC1(CC)CC. The highest BCUT2D eigenvalue weighted by atomic mass is 15.3. The highest BCUT2D eigenvalue weighted by molar-refractivity contribution is 5.02. The van der Waals surface area contributed by atoms with Gasteiger partial charge < -0.3 is 5.32 Å². The van der Waals surface area contributed by atoms with Crippen LogP contribution in [-0.2, 0) is 0 Å². The molecule has 108 valence electrons. The zero-order valence-corrected chi connectivity index (χ0v) is 13.3. The Morgan fingerprint density at radius 3 is 2.17 bits per heavy atom. The van der Waals surface area contributed by atoms with Crippen LogP contribution in [0.1, 0.15) is 73.1 Å². The maximum absolute atomic E-state index is 3.82.